The van der Waals surface area contributed by atoms with Gasteiger partial charge in [-0.25, -0.2) is 0 Å². The van der Waals surface area contributed by atoms with Crippen LogP contribution in [0.2, 0.25) is 0 Å². The standard InChI is InChI=1S/C13H20O3/c1-4-5-6-7-10(9(2)3)11-8-12(14)16-13(11)15/h11H,4-8H2,1-3H3. The van der Waals surface area contributed by atoms with Crippen molar-refractivity contribution < 1.29 is 14.3 Å². The number of rotatable bonds is 5. The van der Waals surface area contributed by atoms with E-state index < -0.39 is 0 Å². The molecule has 1 aliphatic rings. The number of ether oxygens (including phenoxy) is 1. The molecule has 16 heavy (non-hydrogen) atoms. The van der Waals surface area contributed by atoms with Gasteiger partial charge in [0.1, 0.15) is 0 Å². The van der Waals surface area contributed by atoms with Gasteiger partial charge in [0.05, 0.1) is 12.3 Å². The molecule has 0 aromatic carbocycles. The number of carbonyl (C=O) groups excluding carboxylic acids is 2. The van der Waals surface area contributed by atoms with Crippen LogP contribution in [0.3, 0.4) is 0 Å². The largest absolute Gasteiger partial charge is 0.393 e. The topological polar surface area (TPSA) is 43.4 Å². The first-order valence-corrected chi connectivity index (χ1v) is 5.97. The lowest BCUT2D eigenvalue weighted by molar-refractivity contribution is -0.152. The summed E-state index contributed by atoms with van der Waals surface area (Å²) in [6.07, 6.45) is 4.53. The molecule has 0 aromatic heterocycles. The Labute approximate surface area is 96.9 Å². The minimum absolute atomic E-state index is 0.228. The lowest BCUT2D eigenvalue weighted by Crippen LogP contribution is -2.12. The van der Waals surface area contributed by atoms with Crippen molar-refractivity contribution in [1.29, 1.82) is 0 Å². The molecule has 3 nitrogen and oxygen atoms in total. The van der Waals surface area contributed by atoms with E-state index >= 15 is 0 Å². The zero-order chi connectivity index (χ0) is 12.1. The molecule has 1 fully saturated rings. The first kappa shape index (κ1) is 12.9. The molecule has 1 atom stereocenters. The van der Waals surface area contributed by atoms with Gasteiger partial charge in [-0.2, -0.15) is 0 Å². The molecule has 1 unspecified atom stereocenters. The molecule has 0 amide bonds. The second kappa shape index (κ2) is 5.83. The zero-order valence-electron chi connectivity index (χ0n) is 10.3. The molecule has 90 valence electrons. The van der Waals surface area contributed by atoms with E-state index in [-0.39, 0.29) is 24.3 Å². The van der Waals surface area contributed by atoms with Crippen LogP contribution in [0.5, 0.6) is 0 Å². The van der Waals surface area contributed by atoms with E-state index in [0.29, 0.717) is 0 Å². The van der Waals surface area contributed by atoms with Gasteiger partial charge in [0.15, 0.2) is 0 Å². The first-order valence-electron chi connectivity index (χ1n) is 5.97. The number of carbonyl (C=O) groups is 2. The summed E-state index contributed by atoms with van der Waals surface area (Å²) in [5.74, 6) is -1.06. The second-order valence-electron chi connectivity index (χ2n) is 4.53. The molecule has 0 radical (unpaired) electrons. The number of cyclic esters (lactones) is 2. The molecule has 0 spiro atoms. The van der Waals surface area contributed by atoms with Crippen molar-refractivity contribution in [3.8, 4) is 0 Å². The Hall–Kier alpha value is -1.12. The Morgan fingerprint density at radius 3 is 2.44 bits per heavy atom. The molecule has 3 heteroatoms. The minimum atomic E-state index is -0.385. The second-order valence-corrected chi connectivity index (χ2v) is 4.53. The summed E-state index contributed by atoms with van der Waals surface area (Å²) >= 11 is 0. The summed E-state index contributed by atoms with van der Waals surface area (Å²) < 4.78 is 4.60. The maximum Gasteiger partial charge on any atom is 0.321 e. The maximum absolute atomic E-state index is 11.5. The zero-order valence-corrected chi connectivity index (χ0v) is 10.3. The van der Waals surface area contributed by atoms with Crippen LogP contribution >= 0.6 is 0 Å². The number of hydrogen-bond acceptors (Lipinski definition) is 3. The van der Waals surface area contributed by atoms with Crippen molar-refractivity contribution >= 4 is 11.9 Å². The van der Waals surface area contributed by atoms with E-state index in [1.807, 2.05) is 13.8 Å². The minimum Gasteiger partial charge on any atom is -0.393 e. The summed E-state index contributed by atoms with van der Waals surface area (Å²) in [5, 5.41) is 0. The Balaban J connectivity index is 2.68. The maximum atomic E-state index is 11.5. The third-order valence-corrected chi connectivity index (χ3v) is 2.98. The van der Waals surface area contributed by atoms with Gasteiger partial charge in [-0.15, -0.1) is 0 Å². The van der Waals surface area contributed by atoms with Crippen LogP contribution in [0.4, 0.5) is 0 Å². The van der Waals surface area contributed by atoms with E-state index in [2.05, 4.69) is 11.7 Å². The average Bonchev–Trinajstić information content (AvgIpc) is 2.52. The summed E-state index contributed by atoms with van der Waals surface area (Å²) in [7, 11) is 0. The van der Waals surface area contributed by atoms with E-state index in [1.54, 1.807) is 0 Å². The Morgan fingerprint density at radius 1 is 1.31 bits per heavy atom. The lowest BCUT2D eigenvalue weighted by atomic mass is 9.89. The third-order valence-electron chi connectivity index (χ3n) is 2.98. The van der Waals surface area contributed by atoms with Crippen molar-refractivity contribution in [2.24, 2.45) is 5.92 Å². The quantitative estimate of drug-likeness (QED) is 0.312. The highest BCUT2D eigenvalue weighted by atomic mass is 16.6. The highest BCUT2D eigenvalue weighted by molar-refractivity contribution is 5.96. The summed E-state index contributed by atoms with van der Waals surface area (Å²) in [4.78, 5) is 22.5. The van der Waals surface area contributed by atoms with Crippen LogP contribution in [-0.4, -0.2) is 11.9 Å². The van der Waals surface area contributed by atoms with Gasteiger partial charge >= 0.3 is 11.9 Å². The number of unbranched alkanes of at least 4 members (excludes halogenated alkanes) is 2. The molecule has 1 aliphatic heterocycles. The summed E-state index contributed by atoms with van der Waals surface area (Å²) in [5.41, 5.74) is 2.25. The normalized spacial score (nSPS) is 19.8. The van der Waals surface area contributed by atoms with Crippen LogP contribution < -0.4 is 0 Å². The Kier molecular flexibility index (Phi) is 4.71. The van der Waals surface area contributed by atoms with Crippen LogP contribution in [0.25, 0.3) is 0 Å². The fourth-order valence-electron chi connectivity index (χ4n) is 2.08. The van der Waals surface area contributed by atoms with Gasteiger partial charge in [0, 0.05) is 0 Å². The molecule has 0 N–H and O–H groups in total. The van der Waals surface area contributed by atoms with Crippen molar-refractivity contribution in [3.63, 3.8) is 0 Å². The van der Waals surface area contributed by atoms with E-state index in [0.717, 1.165) is 36.8 Å². The molecule has 0 aromatic rings. The summed E-state index contributed by atoms with van der Waals surface area (Å²) in [6, 6.07) is 0. The lowest BCUT2D eigenvalue weighted by Gasteiger charge is -2.13. The molecular weight excluding hydrogens is 204 g/mol. The monoisotopic (exact) mass is 224 g/mol. The predicted octanol–water partition coefficient (Wildman–Crippen LogP) is 2.99. The van der Waals surface area contributed by atoms with Crippen molar-refractivity contribution in [2.75, 3.05) is 0 Å². The highest BCUT2D eigenvalue weighted by Gasteiger charge is 2.35. The van der Waals surface area contributed by atoms with Gasteiger partial charge in [0.25, 0.3) is 0 Å². The van der Waals surface area contributed by atoms with Crippen molar-refractivity contribution in [1.82, 2.24) is 0 Å². The van der Waals surface area contributed by atoms with Crippen LogP contribution in [0.15, 0.2) is 11.1 Å². The Bertz CT molecular complexity index is 311. The van der Waals surface area contributed by atoms with Crippen LogP contribution in [0, 0.1) is 5.92 Å². The molecule has 0 bridgehead atoms. The van der Waals surface area contributed by atoms with Crippen molar-refractivity contribution in [3.05, 3.63) is 11.1 Å². The molecule has 1 saturated heterocycles. The SMILES string of the molecule is CCCCCC(=C(C)C)C1CC(=O)OC1=O. The van der Waals surface area contributed by atoms with Gasteiger partial charge in [-0.05, 0) is 26.7 Å². The van der Waals surface area contributed by atoms with E-state index in [1.165, 1.54) is 0 Å². The fraction of sp³-hybridized carbons (Fsp3) is 0.692. The smallest absolute Gasteiger partial charge is 0.321 e. The predicted molar refractivity (Wildman–Crippen MR) is 61.7 cm³/mol. The van der Waals surface area contributed by atoms with E-state index in [9.17, 15) is 9.59 Å². The van der Waals surface area contributed by atoms with Gasteiger partial charge in [0.2, 0.25) is 0 Å². The molecule has 1 heterocycles. The van der Waals surface area contributed by atoms with E-state index in [4.69, 9.17) is 0 Å². The van der Waals surface area contributed by atoms with Gasteiger partial charge in [-0.3, -0.25) is 9.59 Å². The molecular formula is C13H20O3. The number of hydrogen-bond donors (Lipinski definition) is 0. The molecule has 0 saturated carbocycles. The molecule has 0 aliphatic carbocycles. The van der Waals surface area contributed by atoms with Gasteiger partial charge < -0.3 is 4.74 Å². The number of esters is 2. The number of allylic oxidation sites excluding steroid dienone is 1. The Morgan fingerprint density at radius 2 is 2.00 bits per heavy atom. The third kappa shape index (κ3) is 3.19. The summed E-state index contributed by atoms with van der Waals surface area (Å²) in [6.45, 7) is 6.14. The van der Waals surface area contributed by atoms with Crippen LogP contribution in [-0.2, 0) is 14.3 Å². The van der Waals surface area contributed by atoms with Crippen LogP contribution in [0.1, 0.15) is 52.9 Å². The molecule has 1 rings (SSSR count). The first-order chi connectivity index (χ1) is 7.56. The van der Waals surface area contributed by atoms with Gasteiger partial charge in [-0.1, -0.05) is 30.9 Å². The average molecular weight is 224 g/mol. The van der Waals surface area contributed by atoms with Crippen molar-refractivity contribution in [2.45, 2.75) is 52.9 Å². The fourth-order valence-corrected chi connectivity index (χ4v) is 2.08. The highest BCUT2D eigenvalue weighted by Crippen LogP contribution is 2.30.